The Morgan fingerprint density at radius 3 is 2.93 bits per heavy atom. The van der Waals surface area contributed by atoms with Gasteiger partial charge < -0.3 is 15.1 Å². The summed E-state index contributed by atoms with van der Waals surface area (Å²) in [7, 11) is 0. The molecule has 1 aliphatic rings. The number of alkyl halides is 3. The van der Waals surface area contributed by atoms with E-state index in [2.05, 4.69) is 15.7 Å². The topological polar surface area (TPSA) is 72.1 Å². The minimum Gasteiger partial charge on any atom is -0.467 e. The molecule has 4 heterocycles. The minimum atomic E-state index is -4.47. The highest BCUT2D eigenvalue weighted by atomic mass is 32.1. The number of rotatable bonds is 4. The van der Waals surface area contributed by atoms with E-state index < -0.39 is 24.2 Å². The monoisotopic (exact) mass is 396 g/mol. The van der Waals surface area contributed by atoms with Crippen LogP contribution in [0.15, 0.2) is 46.4 Å². The number of aromatic nitrogens is 2. The lowest BCUT2D eigenvalue weighted by molar-refractivity contribution is -0.173. The van der Waals surface area contributed by atoms with E-state index >= 15 is 0 Å². The summed E-state index contributed by atoms with van der Waals surface area (Å²) in [5.74, 6) is 0.144. The Labute approximate surface area is 156 Å². The first-order valence-electron chi connectivity index (χ1n) is 8.18. The van der Waals surface area contributed by atoms with Crippen LogP contribution >= 0.6 is 11.3 Å². The lowest BCUT2D eigenvalue weighted by Gasteiger charge is -2.32. The number of nitrogens with zero attached hydrogens (tertiary/aromatic N) is 2. The van der Waals surface area contributed by atoms with Gasteiger partial charge in [0.25, 0.3) is 5.91 Å². The fourth-order valence-corrected chi connectivity index (χ4v) is 3.82. The lowest BCUT2D eigenvalue weighted by Crippen LogP contribution is -2.35. The van der Waals surface area contributed by atoms with Crippen molar-refractivity contribution in [2.75, 3.05) is 5.32 Å². The normalized spacial score (nSPS) is 19.4. The third-order valence-electron chi connectivity index (χ3n) is 4.31. The molecule has 2 atom stereocenters. The summed E-state index contributed by atoms with van der Waals surface area (Å²) in [6.45, 7) is 0.127. The summed E-state index contributed by atoms with van der Waals surface area (Å²) in [6.07, 6.45) is -3.19. The standard InChI is InChI=1S/C17H15F3N4O2S/c18-17(19,20)14-7-11(13-4-2-6-27-13)22-15-8-12(23-24(14)15)16(25)21-9-10-3-1-5-26-10/h1-6,8,11,14,22H,7,9H2,(H,21,25). The van der Waals surface area contributed by atoms with E-state index in [1.165, 1.54) is 23.7 Å². The van der Waals surface area contributed by atoms with Crippen LogP contribution < -0.4 is 10.6 Å². The fraction of sp³-hybridized carbons (Fsp3) is 0.294. The molecule has 2 N–H and O–H groups in total. The quantitative estimate of drug-likeness (QED) is 0.696. The van der Waals surface area contributed by atoms with Gasteiger partial charge in [-0.15, -0.1) is 11.3 Å². The second kappa shape index (κ2) is 6.76. The van der Waals surface area contributed by atoms with Crippen LogP contribution in [0.25, 0.3) is 0 Å². The molecule has 0 radical (unpaired) electrons. The number of hydrogen-bond donors (Lipinski definition) is 2. The highest BCUT2D eigenvalue weighted by molar-refractivity contribution is 7.10. The molecule has 0 aromatic carbocycles. The van der Waals surface area contributed by atoms with Gasteiger partial charge in [-0.05, 0) is 23.6 Å². The number of thiophene rings is 1. The highest BCUT2D eigenvalue weighted by Crippen LogP contribution is 2.44. The minimum absolute atomic E-state index is 0.0786. The van der Waals surface area contributed by atoms with Gasteiger partial charge in [0.2, 0.25) is 0 Å². The van der Waals surface area contributed by atoms with E-state index in [0.717, 1.165) is 9.56 Å². The van der Waals surface area contributed by atoms with Crippen LogP contribution in [0.5, 0.6) is 0 Å². The number of halogens is 3. The Balaban J connectivity index is 1.58. The van der Waals surface area contributed by atoms with Crippen LogP contribution in [-0.2, 0) is 6.54 Å². The lowest BCUT2D eigenvalue weighted by atomic mass is 10.0. The molecule has 0 spiro atoms. The van der Waals surface area contributed by atoms with Crippen molar-refractivity contribution in [3.63, 3.8) is 0 Å². The third kappa shape index (κ3) is 3.57. The zero-order chi connectivity index (χ0) is 19.0. The predicted molar refractivity (Wildman–Crippen MR) is 92.5 cm³/mol. The molecule has 0 saturated heterocycles. The summed E-state index contributed by atoms with van der Waals surface area (Å²) in [5, 5.41) is 11.4. The van der Waals surface area contributed by atoms with E-state index in [0.29, 0.717) is 5.76 Å². The van der Waals surface area contributed by atoms with Gasteiger partial charge in [0.15, 0.2) is 11.7 Å². The molecule has 6 nitrogen and oxygen atoms in total. The van der Waals surface area contributed by atoms with Crippen LogP contribution in [0, 0.1) is 0 Å². The summed E-state index contributed by atoms with van der Waals surface area (Å²) in [4.78, 5) is 13.1. The third-order valence-corrected chi connectivity index (χ3v) is 5.30. The van der Waals surface area contributed by atoms with Gasteiger partial charge in [0, 0.05) is 17.4 Å². The van der Waals surface area contributed by atoms with Crippen molar-refractivity contribution in [2.45, 2.75) is 31.2 Å². The number of carbonyl (C=O) groups is 1. The molecule has 2 unspecified atom stereocenters. The maximum Gasteiger partial charge on any atom is 0.410 e. The van der Waals surface area contributed by atoms with Crippen molar-refractivity contribution < 1.29 is 22.4 Å². The van der Waals surface area contributed by atoms with E-state index in [1.807, 2.05) is 5.38 Å². The summed E-state index contributed by atoms with van der Waals surface area (Å²) in [5.41, 5.74) is -0.0786. The summed E-state index contributed by atoms with van der Waals surface area (Å²) >= 11 is 1.39. The van der Waals surface area contributed by atoms with E-state index in [4.69, 9.17) is 4.42 Å². The van der Waals surface area contributed by atoms with Crippen molar-refractivity contribution in [1.82, 2.24) is 15.1 Å². The van der Waals surface area contributed by atoms with Crippen molar-refractivity contribution in [2.24, 2.45) is 0 Å². The maximum atomic E-state index is 13.6. The first-order chi connectivity index (χ1) is 12.9. The van der Waals surface area contributed by atoms with Crippen LogP contribution in [0.1, 0.15) is 39.6 Å². The van der Waals surface area contributed by atoms with Gasteiger partial charge in [-0.25, -0.2) is 4.68 Å². The first-order valence-corrected chi connectivity index (χ1v) is 9.06. The summed E-state index contributed by atoms with van der Waals surface area (Å²) in [6, 6.07) is 6.01. The van der Waals surface area contributed by atoms with Crippen LogP contribution in [-0.4, -0.2) is 21.9 Å². The Morgan fingerprint density at radius 1 is 1.41 bits per heavy atom. The number of fused-ring (bicyclic) bond motifs is 1. The van der Waals surface area contributed by atoms with Crippen molar-refractivity contribution in [3.8, 4) is 0 Å². The van der Waals surface area contributed by atoms with Gasteiger partial charge in [0.05, 0.1) is 18.8 Å². The van der Waals surface area contributed by atoms with Gasteiger partial charge in [-0.1, -0.05) is 6.07 Å². The van der Waals surface area contributed by atoms with Gasteiger partial charge in [-0.2, -0.15) is 18.3 Å². The SMILES string of the molecule is O=C(NCc1ccco1)c1cc2n(n1)C(C(F)(F)F)CC(c1cccs1)N2. The second-order valence-corrected chi connectivity index (χ2v) is 7.11. The smallest absolute Gasteiger partial charge is 0.410 e. The molecule has 0 saturated carbocycles. The fourth-order valence-electron chi connectivity index (χ4n) is 3.03. The van der Waals surface area contributed by atoms with Crippen LogP contribution in [0.2, 0.25) is 0 Å². The highest BCUT2D eigenvalue weighted by Gasteiger charge is 2.47. The number of furan rings is 1. The Kier molecular flexibility index (Phi) is 4.42. The molecular formula is C17H15F3N4O2S. The summed E-state index contributed by atoms with van der Waals surface area (Å²) < 4.78 is 46.7. The molecule has 4 rings (SSSR count). The predicted octanol–water partition coefficient (Wildman–Crippen LogP) is 4.13. The molecule has 27 heavy (non-hydrogen) atoms. The second-order valence-electron chi connectivity index (χ2n) is 6.13. The first kappa shape index (κ1) is 17.7. The van der Waals surface area contributed by atoms with Crippen LogP contribution in [0.3, 0.4) is 0 Å². The molecule has 0 aliphatic carbocycles. The zero-order valence-electron chi connectivity index (χ0n) is 13.9. The largest absolute Gasteiger partial charge is 0.467 e. The Hall–Kier alpha value is -2.75. The number of hydrogen-bond acceptors (Lipinski definition) is 5. The molecule has 0 fully saturated rings. The van der Waals surface area contributed by atoms with Crippen molar-refractivity contribution in [1.29, 1.82) is 0 Å². The number of carbonyl (C=O) groups excluding carboxylic acids is 1. The number of anilines is 1. The molecule has 142 valence electrons. The number of nitrogens with one attached hydrogen (secondary N) is 2. The molecule has 0 bridgehead atoms. The van der Waals surface area contributed by atoms with E-state index in [-0.39, 0.29) is 24.5 Å². The Morgan fingerprint density at radius 2 is 2.26 bits per heavy atom. The molecule has 3 aromatic rings. The molecule has 1 amide bonds. The van der Waals surface area contributed by atoms with Crippen molar-refractivity contribution in [3.05, 3.63) is 58.3 Å². The molecule has 3 aromatic heterocycles. The zero-order valence-corrected chi connectivity index (χ0v) is 14.7. The molecule has 1 aliphatic heterocycles. The van der Waals surface area contributed by atoms with Gasteiger partial charge in [-0.3, -0.25) is 4.79 Å². The Bertz CT molecular complexity index is 919. The molecular weight excluding hydrogens is 381 g/mol. The van der Waals surface area contributed by atoms with E-state index in [1.54, 1.807) is 24.3 Å². The van der Waals surface area contributed by atoms with Gasteiger partial charge in [0.1, 0.15) is 11.6 Å². The number of amides is 1. The average molecular weight is 396 g/mol. The van der Waals surface area contributed by atoms with E-state index in [9.17, 15) is 18.0 Å². The maximum absolute atomic E-state index is 13.6. The van der Waals surface area contributed by atoms with Gasteiger partial charge >= 0.3 is 6.18 Å². The van der Waals surface area contributed by atoms with Crippen LogP contribution in [0.4, 0.5) is 19.0 Å². The molecule has 10 heteroatoms. The van der Waals surface area contributed by atoms with Crippen molar-refractivity contribution >= 4 is 23.1 Å². The average Bonchev–Trinajstić information content (AvgIpc) is 3.38.